The number of rotatable bonds is 1. The summed E-state index contributed by atoms with van der Waals surface area (Å²) >= 11 is 2.11. The normalized spacial score (nSPS) is 36.6. The van der Waals surface area contributed by atoms with Gasteiger partial charge >= 0.3 is 0 Å². The van der Waals surface area contributed by atoms with Crippen molar-refractivity contribution in [3.8, 4) is 0 Å². The molecule has 2 heterocycles. The van der Waals surface area contributed by atoms with Gasteiger partial charge in [0.15, 0.2) is 0 Å². The largest absolute Gasteiger partial charge is 0.315 e. The van der Waals surface area contributed by atoms with Crippen molar-refractivity contribution in [2.24, 2.45) is 0 Å². The minimum atomic E-state index is 0.790. The molecule has 2 aliphatic rings. The Hall–Kier alpha value is 0.270. The first-order chi connectivity index (χ1) is 6.88. The van der Waals surface area contributed by atoms with E-state index in [0.29, 0.717) is 0 Å². The Kier molecular flexibility index (Phi) is 4.14. The molecule has 2 aliphatic heterocycles. The topological polar surface area (TPSA) is 15.3 Å². The third-order valence-corrected chi connectivity index (χ3v) is 4.60. The quantitative estimate of drug-likeness (QED) is 0.713. The Morgan fingerprint density at radius 3 is 3.14 bits per heavy atom. The van der Waals surface area contributed by atoms with Crippen LogP contribution in [0.1, 0.15) is 26.2 Å². The minimum absolute atomic E-state index is 0.790. The predicted molar refractivity (Wildman–Crippen MR) is 64.0 cm³/mol. The van der Waals surface area contributed by atoms with Crippen LogP contribution in [0.5, 0.6) is 0 Å². The van der Waals surface area contributed by atoms with Crippen LogP contribution < -0.4 is 5.32 Å². The van der Waals surface area contributed by atoms with Gasteiger partial charge in [-0.1, -0.05) is 6.42 Å². The molecular formula is C11H22N2S. The highest BCUT2D eigenvalue weighted by molar-refractivity contribution is 7.99. The van der Waals surface area contributed by atoms with Crippen molar-refractivity contribution >= 4 is 11.8 Å². The lowest BCUT2D eigenvalue weighted by atomic mass is 10.1. The fourth-order valence-corrected chi connectivity index (χ4v) is 3.61. The summed E-state index contributed by atoms with van der Waals surface area (Å²) in [5.41, 5.74) is 0. The van der Waals surface area contributed by atoms with Crippen molar-refractivity contribution in [3.05, 3.63) is 0 Å². The van der Waals surface area contributed by atoms with E-state index in [9.17, 15) is 0 Å². The molecule has 2 rings (SSSR count). The molecule has 3 heteroatoms. The Morgan fingerprint density at radius 2 is 2.29 bits per heavy atom. The molecule has 0 aromatic heterocycles. The molecule has 0 aromatic rings. The molecule has 2 unspecified atom stereocenters. The third kappa shape index (κ3) is 2.65. The zero-order chi connectivity index (χ0) is 9.80. The highest BCUT2D eigenvalue weighted by Crippen LogP contribution is 2.21. The summed E-state index contributed by atoms with van der Waals surface area (Å²) in [7, 11) is 0. The number of hydrogen-bond donors (Lipinski definition) is 1. The first-order valence-electron chi connectivity index (χ1n) is 5.92. The van der Waals surface area contributed by atoms with Crippen LogP contribution >= 0.6 is 11.8 Å². The Labute approximate surface area is 91.8 Å². The summed E-state index contributed by atoms with van der Waals surface area (Å²) in [6, 6.07) is 1.60. The maximum atomic E-state index is 3.57. The summed E-state index contributed by atoms with van der Waals surface area (Å²) in [5.74, 6) is 2.66. The molecule has 0 saturated carbocycles. The van der Waals surface area contributed by atoms with Gasteiger partial charge in [-0.3, -0.25) is 4.90 Å². The molecule has 1 N–H and O–H groups in total. The lowest BCUT2D eigenvalue weighted by Crippen LogP contribution is -2.50. The van der Waals surface area contributed by atoms with Crippen molar-refractivity contribution in [3.63, 3.8) is 0 Å². The van der Waals surface area contributed by atoms with Gasteiger partial charge in [0.25, 0.3) is 0 Å². The Balaban J connectivity index is 1.90. The molecule has 14 heavy (non-hydrogen) atoms. The van der Waals surface area contributed by atoms with E-state index >= 15 is 0 Å². The van der Waals surface area contributed by atoms with Crippen LogP contribution in [0.3, 0.4) is 0 Å². The molecule has 2 fully saturated rings. The van der Waals surface area contributed by atoms with Crippen LogP contribution in [-0.4, -0.2) is 48.1 Å². The molecule has 2 saturated heterocycles. The highest BCUT2D eigenvalue weighted by atomic mass is 32.2. The lowest BCUT2D eigenvalue weighted by Gasteiger charge is -2.39. The van der Waals surface area contributed by atoms with Gasteiger partial charge in [0.2, 0.25) is 0 Å². The van der Waals surface area contributed by atoms with Gasteiger partial charge in [-0.15, -0.1) is 0 Å². The molecule has 82 valence electrons. The second-order valence-electron chi connectivity index (χ2n) is 4.52. The van der Waals surface area contributed by atoms with Gasteiger partial charge in [0, 0.05) is 36.7 Å². The summed E-state index contributed by atoms with van der Waals surface area (Å²) in [4.78, 5) is 2.73. The molecule has 0 bridgehead atoms. The number of nitrogens with one attached hydrogen (secondary N) is 1. The third-order valence-electron chi connectivity index (χ3n) is 3.41. The molecule has 0 amide bonds. The van der Waals surface area contributed by atoms with E-state index in [1.165, 1.54) is 50.4 Å². The van der Waals surface area contributed by atoms with Gasteiger partial charge in [0.1, 0.15) is 0 Å². The zero-order valence-corrected chi connectivity index (χ0v) is 9.98. The van der Waals surface area contributed by atoms with E-state index in [4.69, 9.17) is 0 Å². The van der Waals surface area contributed by atoms with Gasteiger partial charge in [0.05, 0.1) is 0 Å². The van der Waals surface area contributed by atoms with E-state index in [1.54, 1.807) is 0 Å². The van der Waals surface area contributed by atoms with Gasteiger partial charge in [-0.05, 0) is 26.3 Å². The van der Waals surface area contributed by atoms with Crippen molar-refractivity contribution in [2.75, 3.05) is 31.1 Å². The Bertz CT molecular complexity index is 167. The minimum Gasteiger partial charge on any atom is -0.315 e. The number of thioether (sulfide) groups is 1. The molecule has 0 aliphatic carbocycles. The summed E-state index contributed by atoms with van der Waals surface area (Å²) in [6.45, 7) is 6.14. The van der Waals surface area contributed by atoms with Crippen LogP contribution in [-0.2, 0) is 0 Å². The maximum Gasteiger partial charge on any atom is 0.0224 e. The fraction of sp³-hybridized carbons (Fsp3) is 1.00. The SMILES string of the molecule is CC1CSCCN1C1CCCCNC1. The van der Waals surface area contributed by atoms with Gasteiger partial charge in [-0.25, -0.2) is 0 Å². The van der Waals surface area contributed by atoms with Gasteiger partial charge < -0.3 is 5.32 Å². The zero-order valence-electron chi connectivity index (χ0n) is 9.17. The van der Waals surface area contributed by atoms with Gasteiger partial charge in [-0.2, -0.15) is 11.8 Å². The summed E-state index contributed by atoms with van der Waals surface area (Å²) in [5, 5.41) is 3.57. The first-order valence-corrected chi connectivity index (χ1v) is 7.07. The second-order valence-corrected chi connectivity index (χ2v) is 5.67. The van der Waals surface area contributed by atoms with E-state index in [1.807, 2.05) is 0 Å². The number of hydrogen-bond acceptors (Lipinski definition) is 3. The fourth-order valence-electron chi connectivity index (χ4n) is 2.57. The van der Waals surface area contributed by atoms with E-state index in [2.05, 4.69) is 28.9 Å². The van der Waals surface area contributed by atoms with Crippen LogP contribution in [0.15, 0.2) is 0 Å². The molecule has 2 atom stereocenters. The van der Waals surface area contributed by atoms with Crippen LogP contribution in [0.25, 0.3) is 0 Å². The van der Waals surface area contributed by atoms with E-state index in [0.717, 1.165) is 12.1 Å². The van der Waals surface area contributed by atoms with Crippen LogP contribution in [0.4, 0.5) is 0 Å². The monoisotopic (exact) mass is 214 g/mol. The molecule has 2 nitrogen and oxygen atoms in total. The van der Waals surface area contributed by atoms with Crippen molar-refractivity contribution in [1.29, 1.82) is 0 Å². The average molecular weight is 214 g/mol. The summed E-state index contributed by atoms with van der Waals surface area (Å²) < 4.78 is 0. The van der Waals surface area contributed by atoms with E-state index < -0.39 is 0 Å². The van der Waals surface area contributed by atoms with Crippen molar-refractivity contribution in [1.82, 2.24) is 10.2 Å². The molecule has 0 radical (unpaired) electrons. The summed E-state index contributed by atoms with van der Waals surface area (Å²) in [6.07, 6.45) is 4.18. The van der Waals surface area contributed by atoms with Crippen molar-refractivity contribution < 1.29 is 0 Å². The smallest absolute Gasteiger partial charge is 0.0224 e. The molecule has 0 aromatic carbocycles. The lowest BCUT2D eigenvalue weighted by molar-refractivity contribution is 0.154. The molecular weight excluding hydrogens is 192 g/mol. The standard InChI is InChI=1S/C11H22N2S/c1-10-9-14-7-6-13(10)11-4-2-3-5-12-8-11/h10-12H,2-9H2,1H3. The Morgan fingerprint density at radius 1 is 1.36 bits per heavy atom. The van der Waals surface area contributed by atoms with Crippen LogP contribution in [0.2, 0.25) is 0 Å². The van der Waals surface area contributed by atoms with E-state index in [-0.39, 0.29) is 0 Å². The van der Waals surface area contributed by atoms with Crippen molar-refractivity contribution in [2.45, 2.75) is 38.3 Å². The number of nitrogens with zero attached hydrogens (tertiary/aromatic N) is 1. The average Bonchev–Trinajstić information content (AvgIpc) is 2.47. The van der Waals surface area contributed by atoms with Crippen LogP contribution in [0, 0.1) is 0 Å². The molecule has 0 spiro atoms. The second kappa shape index (κ2) is 5.38. The maximum absolute atomic E-state index is 3.57. The first kappa shape index (κ1) is 10.8. The predicted octanol–water partition coefficient (Wildman–Crippen LogP) is 1.57. The highest BCUT2D eigenvalue weighted by Gasteiger charge is 2.26.